The molecule has 1 unspecified atom stereocenters. The predicted octanol–water partition coefficient (Wildman–Crippen LogP) is -0.619. The second kappa shape index (κ2) is 2.44. The molecule has 8 heavy (non-hydrogen) atoms. The first-order valence-corrected chi connectivity index (χ1v) is 2.57. The number of ether oxygens (including phenoxy) is 1. The van der Waals surface area contributed by atoms with Gasteiger partial charge in [0.05, 0.1) is 7.05 Å². The molecule has 0 aromatic rings. The largest absolute Gasteiger partial charge is 0.632 e. The standard InChI is InChI=1S/C5H13NO2/c1-5(2,8-4)6(3)7/h6H,1-4H3. The zero-order valence-electron chi connectivity index (χ0n) is 5.82. The molecule has 0 amide bonds. The van der Waals surface area contributed by atoms with E-state index in [0.717, 1.165) is 0 Å². The number of nitrogens with one attached hydrogen (secondary N) is 1. The van der Waals surface area contributed by atoms with E-state index in [4.69, 9.17) is 4.74 Å². The first-order valence-electron chi connectivity index (χ1n) is 2.57. The van der Waals surface area contributed by atoms with Crippen LogP contribution in [0.5, 0.6) is 0 Å². The Bertz CT molecular complexity index is 70.8. The van der Waals surface area contributed by atoms with Crippen LogP contribution in [0.1, 0.15) is 13.8 Å². The normalized spacial score (nSPS) is 16.1. The lowest BCUT2D eigenvalue weighted by atomic mass is 10.3. The summed E-state index contributed by atoms with van der Waals surface area (Å²) in [6.45, 7) is 3.49. The molecule has 0 aromatic heterocycles. The number of hydrogen-bond donors (Lipinski definition) is 1. The minimum absolute atomic E-state index is 0.0556. The Kier molecular flexibility index (Phi) is 2.40. The second-order valence-corrected chi connectivity index (χ2v) is 2.27. The molecule has 0 heterocycles. The van der Waals surface area contributed by atoms with Gasteiger partial charge in [0, 0.05) is 21.0 Å². The van der Waals surface area contributed by atoms with Crippen LogP contribution in [0.3, 0.4) is 0 Å². The van der Waals surface area contributed by atoms with Crippen molar-refractivity contribution in [1.82, 2.24) is 0 Å². The highest BCUT2D eigenvalue weighted by molar-refractivity contribution is 4.46. The van der Waals surface area contributed by atoms with E-state index >= 15 is 0 Å². The van der Waals surface area contributed by atoms with Gasteiger partial charge in [0.15, 0.2) is 5.72 Å². The molecular weight excluding hydrogens is 106 g/mol. The minimum Gasteiger partial charge on any atom is -0.632 e. The molecule has 50 valence electrons. The zero-order valence-corrected chi connectivity index (χ0v) is 5.82. The monoisotopic (exact) mass is 119 g/mol. The van der Waals surface area contributed by atoms with Crippen LogP contribution in [0.2, 0.25) is 0 Å². The van der Waals surface area contributed by atoms with Gasteiger partial charge < -0.3 is 15.0 Å². The topological polar surface area (TPSA) is 36.7 Å². The van der Waals surface area contributed by atoms with Crippen molar-refractivity contribution in [3.05, 3.63) is 5.21 Å². The summed E-state index contributed by atoms with van der Waals surface area (Å²) in [5, 5.41) is 10.6. The third-order valence-corrected chi connectivity index (χ3v) is 1.36. The van der Waals surface area contributed by atoms with Crippen LogP contribution in [-0.2, 0) is 4.74 Å². The average molecular weight is 119 g/mol. The van der Waals surface area contributed by atoms with Crippen LogP contribution >= 0.6 is 0 Å². The van der Waals surface area contributed by atoms with E-state index in [1.807, 2.05) is 0 Å². The SMILES string of the molecule is COC(C)(C)[NH+](C)[O-]. The quantitative estimate of drug-likeness (QED) is 0.388. The van der Waals surface area contributed by atoms with Gasteiger partial charge in [-0.05, 0) is 0 Å². The van der Waals surface area contributed by atoms with Crippen molar-refractivity contribution in [2.45, 2.75) is 19.6 Å². The maximum absolute atomic E-state index is 10.6. The molecule has 0 spiro atoms. The van der Waals surface area contributed by atoms with Crippen molar-refractivity contribution in [3.8, 4) is 0 Å². The Morgan fingerprint density at radius 1 is 1.50 bits per heavy atom. The van der Waals surface area contributed by atoms with Crippen LogP contribution in [0.15, 0.2) is 0 Å². The summed E-state index contributed by atoms with van der Waals surface area (Å²) >= 11 is 0. The molecule has 1 N–H and O–H groups in total. The van der Waals surface area contributed by atoms with E-state index < -0.39 is 5.72 Å². The molecule has 0 bridgehead atoms. The molecule has 3 nitrogen and oxygen atoms in total. The van der Waals surface area contributed by atoms with Gasteiger partial charge in [0.25, 0.3) is 0 Å². The first kappa shape index (κ1) is 7.88. The van der Waals surface area contributed by atoms with Crippen molar-refractivity contribution in [2.24, 2.45) is 0 Å². The Labute approximate surface area is 49.8 Å². The number of hydroxylamine groups is 2. The van der Waals surface area contributed by atoms with E-state index in [0.29, 0.717) is 0 Å². The molecule has 0 fully saturated rings. The van der Waals surface area contributed by atoms with E-state index in [1.54, 1.807) is 13.8 Å². The fourth-order valence-electron chi connectivity index (χ4n) is 0.144. The first-order chi connectivity index (χ1) is 3.50. The molecular formula is C5H13NO2. The number of hydrogen-bond acceptors (Lipinski definition) is 2. The third-order valence-electron chi connectivity index (χ3n) is 1.36. The number of quaternary nitrogens is 1. The van der Waals surface area contributed by atoms with Crippen LogP contribution in [0.25, 0.3) is 0 Å². The molecule has 0 radical (unpaired) electrons. The molecule has 0 saturated carbocycles. The van der Waals surface area contributed by atoms with Gasteiger partial charge in [-0.25, -0.2) is 0 Å². The lowest BCUT2D eigenvalue weighted by molar-refractivity contribution is -0.910. The summed E-state index contributed by atoms with van der Waals surface area (Å²) in [6, 6.07) is 0. The van der Waals surface area contributed by atoms with E-state index in [9.17, 15) is 5.21 Å². The highest BCUT2D eigenvalue weighted by Crippen LogP contribution is 1.93. The Balaban J connectivity index is 3.71. The van der Waals surface area contributed by atoms with E-state index in [1.165, 1.54) is 14.2 Å². The number of methoxy groups -OCH3 is 1. The molecule has 0 aliphatic heterocycles. The molecule has 0 aliphatic rings. The fourth-order valence-corrected chi connectivity index (χ4v) is 0.144. The molecule has 0 rings (SSSR count). The van der Waals surface area contributed by atoms with Gasteiger partial charge in [-0.3, -0.25) is 0 Å². The van der Waals surface area contributed by atoms with E-state index in [2.05, 4.69) is 0 Å². The van der Waals surface area contributed by atoms with Gasteiger partial charge in [-0.1, -0.05) is 0 Å². The van der Waals surface area contributed by atoms with E-state index in [-0.39, 0.29) is 5.06 Å². The smallest absolute Gasteiger partial charge is 0.195 e. The number of rotatable bonds is 2. The lowest BCUT2D eigenvalue weighted by Crippen LogP contribution is -3.12. The summed E-state index contributed by atoms with van der Waals surface area (Å²) in [4.78, 5) is 0. The summed E-state index contributed by atoms with van der Waals surface area (Å²) in [7, 11) is 3.05. The summed E-state index contributed by atoms with van der Waals surface area (Å²) < 4.78 is 4.85. The van der Waals surface area contributed by atoms with Crippen molar-refractivity contribution >= 4 is 0 Å². The molecule has 3 heteroatoms. The molecule has 0 aromatic carbocycles. The average Bonchev–Trinajstić information content (AvgIpc) is 1.67. The van der Waals surface area contributed by atoms with Crippen LogP contribution in [-0.4, -0.2) is 19.9 Å². The fraction of sp³-hybridized carbons (Fsp3) is 1.00. The highest BCUT2D eigenvalue weighted by atomic mass is 16.6. The van der Waals surface area contributed by atoms with Crippen molar-refractivity contribution in [1.29, 1.82) is 0 Å². The van der Waals surface area contributed by atoms with Crippen LogP contribution in [0.4, 0.5) is 0 Å². The van der Waals surface area contributed by atoms with Crippen LogP contribution in [0, 0.1) is 5.21 Å². The van der Waals surface area contributed by atoms with Gasteiger partial charge in [-0.15, -0.1) is 0 Å². The van der Waals surface area contributed by atoms with Crippen LogP contribution < -0.4 is 5.06 Å². The van der Waals surface area contributed by atoms with Gasteiger partial charge in [-0.2, -0.15) is 0 Å². The highest BCUT2D eigenvalue weighted by Gasteiger charge is 2.19. The molecule has 0 aliphatic carbocycles. The lowest BCUT2D eigenvalue weighted by Gasteiger charge is -2.32. The van der Waals surface area contributed by atoms with Gasteiger partial charge in [0.1, 0.15) is 0 Å². The Morgan fingerprint density at radius 2 is 1.88 bits per heavy atom. The Morgan fingerprint density at radius 3 is 1.88 bits per heavy atom. The summed E-state index contributed by atoms with van der Waals surface area (Å²) in [6.07, 6.45) is 0. The van der Waals surface area contributed by atoms with Crippen molar-refractivity contribution in [3.63, 3.8) is 0 Å². The van der Waals surface area contributed by atoms with Gasteiger partial charge in [0.2, 0.25) is 0 Å². The van der Waals surface area contributed by atoms with Crippen molar-refractivity contribution < 1.29 is 9.80 Å². The minimum atomic E-state index is -0.597. The second-order valence-electron chi connectivity index (χ2n) is 2.27. The summed E-state index contributed by atoms with van der Waals surface area (Å²) in [5.74, 6) is 0. The predicted molar refractivity (Wildman–Crippen MR) is 31.3 cm³/mol. The van der Waals surface area contributed by atoms with Crippen molar-refractivity contribution in [2.75, 3.05) is 14.2 Å². The Hall–Kier alpha value is -0.120. The zero-order chi connectivity index (χ0) is 6.78. The third kappa shape index (κ3) is 1.78. The van der Waals surface area contributed by atoms with Gasteiger partial charge >= 0.3 is 0 Å². The molecule has 0 saturated heterocycles. The maximum atomic E-state index is 10.6. The molecule has 1 atom stereocenters. The summed E-state index contributed by atoms with van der Waals surface area (Å²) in [5.41, 5.74) is -0.597. The maximum Gasteiger partial charge on any atom is 0.195 e.